The lowest BCUT2D eigenvalue weighted by atomic mass is 9.96. The fourth-order valence-corrected chi connectivity index (χ4v) is 3.92. The third-order valence-corrected chi connectivity index (χ3v) is 6.02. The third kappa shape index (κ3) is 3.15. The average molecular weight is 296 g/mol. The molecule has 0 saturated heterocycles. The van der Waals surface area contributed by atoms with Gasteiger partial charge in [0.05, 0.1) is 4.90 Å². The number of hydrogen-bond donors (Lipinski definition) is 0. The Labute approximate surface area is 120 Å². The van der Waals surface area contributed by atoms with Crippen molar-refractivity contribution >= 4 is 21.4 Å². The number of carbonyl (C=O) groups excluding carboxylic acids is 2. The Morgan fingerprint density at radius 3 is 2.15 bits per heavy atom. The molecule has 0 amide bonds. The highest BCUT2D eigenvalue weighted by atomic mass is 32.2. The summed E-state index contributed by atoms with van der Waals surface area (Å²) < 4.78 is 23.9. The van der Waals surface area contributed by atoms with Crippen molar-refractivity contribution in [2.45, 2.75) is 49.7 Å². The third-order valence-electron chi connectivity index (χ3n) is 3.51. The number of sulfone groups is 1. The average Bonchev–Trinajstić information content (AvgIpc) is 2.44. The summed E-state index contributed by atoms with van der Waals surface area (Å²) in [5, 5.41) is 0. The van der Waals surface area contributed by atoms with Gasteiger partial charge < -0.3 is 4.79 Å². The molecule has 5 heteroatoms. The lowest BCUT2D eigenvalue weighted by Crippen LogP contribution is -2.43. The summed E-state index contributed by atoms with van der Waals surface area (Å²) in [7, 11) is -3.81. The van der Waals surface area contributed by atoms with Gasteiger partial charge in [0.15, 0.2) is 15.6 Å². The number of ketones is 2. The normalized spacial score (nSPS) is 14.6. The van der Waals surface area contributed by atoms with Crippen LogP contribution in [-0.4, -0.2) is 24.7 Å². The van der Waals surface area contributed by atoms with E-state index in [2.05, 4.69) is 0 Å². The molecule has 20 heavy (non-hydrogen) atoms. The van der Waals surface area contributed by atoms with E-state index < -0.39 is 14.6 Å². The zero-order valence-electron chi connectivity index (χ0n) is 12.0. The monoisotopic (exact) mass is 296 g/mol. The molecule has 0 saturated carbocycles. The molecule has 1 atom stereocenters. The Morgan fingerprint density at radius 2 is 1.70 bits per heavy atom. The Bertz CT molecular complexity index is 590. The van der Waals surface area contributed by atoms with Gasteiger partial charge in [-0.3, -0.25) is 4.79 Å². The summed E-state index contributed by atoms with van der Waals surface area (Å²) in [6, 6.07) is 7.91. The second-order valence-corrected chi connectivity index (χ2v) is 7.41. The number of hydrogen-bond acceptors (Lipinski definition) is 4. The molecule has 1 aromatic rings. The molecule has 110 valence electrons. The molecule has 0 bridgehead atoms. The van der Waals surface area contributed by atoms with Gasteiger partial charge in [0, 0.05) is 12.8 Å². The predicted molar refractivity (Wildman–Crippen MR) is 77.2 cm³/mol. The summed E-state index contributed by atoms with van der Waals surface area (Å²) in [4.78, 5) is 23.5. The van der Waals surface area contributed by atoms with Crippen LogP contribution in [0.2, 0.25) is 0 Å². The van der Waals surface area contributed by atoms with Gasteiger partial charge in [-0.25, -0.2) is 8.42 Å². The van der Waals surface area contributed by atoms with Crippen molar-refractivity contribution in [3.8, 4) is 0 Å². The van der Waals surface area contributed by atoms with Crippen molar-refractivity contribution in [1.82, 2.24) is 0 Å². The Kier molecular flexibility index (Phi) is 5.22. The summed E-state index contributed by atoms with van der Waals surface area (Å²) in [6.45, 7) is 4.45. The van der Waals surface area contributed by atoms with E-state index in [0.29, 0.717) is 0 Å². The van der Waals surface area contributed by atoms with Crippen molar-refractivity contribution in [3.63, 3.8) is 0 Å². The minimum absolute atomic E-state index is 0.0201. The maximum atomic E-state index is 12.7. The SMILES string of the molecule is CCC(=O)C(C)(CCC(C)=O)S(=O)(=O)c1ccccc1. The molecule has 0 fully saturated rings. The van der Waals surface area contributed by atoms with Crippen molar-refractivity contribution in [2.75, 3.05) is 0 Å². The summed E-state index contributed by atoms with van der Waals surface area (Å²) in [6.07, 6.45) is 0.223. The Balaban J connectivity index is 3.30. The Morgan fingerprint density at radius 1 is 1.15 bits per heavy atom. The van der Waals surface area contributed by atoms with E-state index in [1.807, 2.05) is 0 Å². The van der Waals surface area contributed by atoms with E-state index in [-0.39, 0.29) is 35.7 Å². The van der Waals surface area contributed by atoms with Gasteiger partial charge in [-0.05, 0) is 32.4 Å². The van der Waals surface area contributed by atoms with Gasteiger partial charge in [0.1, 0.15) is 10.5 Å². The number of Topliss-reactive ketones (excluding diaryl/α,β-unsaturated/α-hetero) is 2. The van der Waals surface area contributed by atoms with Crippen LogP contribution in [0, 0.1) is 0 Å². The molecule has 0 aromatic heterocycles. The van der Waals surface area contributed by atoms with Crippen LogP contribution in [0.15, 0.2) is 35.2 Å². The molecule has 0 aliphatic heterocycles. The van der Waals surface area contributed by atoms with Crippen molar-refractivity contribution in [1.29, 1.82) is 0 Å². The first kappa shape index (κ1) is 16.6. The van der Waals surface area contributed by atoms with Crippen molar-refractivity contribution < 1.29 is 18.0 Å². The van der Waals surface area contributed by atoms with Gasteiger partial charge in [-0.2, -0.15) is 0 Å². The van der Waals surface area contributed by atoms with E-state index >= 15 is 0 Å². The first-order valence-electron chi connectivity index (χ1n) is 6.58. The zero-order chi connectivity index (χ0) is 15.4. The van der Waals surface area contributed by atoms with Crippen LogP contribution in [0.1, 0.15) is 40.0 Å². The van der Waals surface area contributed by atoms with E-state index in [4.69, 9.17) is 0 Å². The van der Waals surface area contributed by atoms with Gasteiger partial charge in [-0.15, -0.1) is 0 Å². The molecule has 1 unspecified atom stereocenters. The fourth-order valence-electron chi connectivity index (χ4n) is 2.07. The quantitative estimate of drug-likeness (QED) is 0.775. The fraction of sp³-hybridized carbons (Fsp3) is 0.467. The summed E-state index contributed by atoms with van der Waals surface area (Å²) in [5.41, 5.74) is 0. The molecule has 0 aliphatic carbocycles. The van der Waals surface area contributed by atoms with Gasteiger partial charge in [0.25, 0.3) is 0 Å². The van der Waals surface area contributed by atoms with Crippen LogP contribution >= 0.6 is 0 Å². The predicted octanol–water partition coefficient (Wildman–Crippen LogP) is 2.57. The van der Waals surface area contributed by atoms with E-state index in [9.17, 15) is 18.0 Å². The van der Waals surface area contributed by atoms with Crippen LogP contribution in [0.3, 0.4) is 0 Å². The molecule has 0 spiro atoms. The van der Waals surface area contributed by atoms with Crippen molar-refractivity contribution in [3.05, 3.63) is 30.3 Å². The summed E-state index contributed by atoms with van der Waals surface area (Å²) >= 11 is 0. The molecule has 0 N–H and O–H groups in total. The smallest absolute Gasteiger partial charge is 0.190 e. The molecule has 4 nitrogen and oxygen atoms in total. The number of carbonyl (C=O) groups is 2. The lowest BCUT2D eigenvalue weighted by molar-refractivity contribution is -0.121. The van der Waals surface area contributed by atoms with E-state index in [0.717, 1.165) is 0 Å². The minimum Gasteiger partial charge on any atom is -0.300 e. The van der Waals surface area contributed by atoms with Gasteiger partial charge >= 0.3 is 0 Å². The Hall–Kier alpha value is -1.49. The molecule has 0 aliphatic rings. The van der Waals surface area contributed by atoms with E-state index in [1.165, 1.54) is 26.0 Å². The largest absolute Gasteiger partial charge is 0.300 e. The first-order valence-corrected chi connectivity index (χ1v) is 8.06. The van der Waals surface area contributed by atoms with Gasteiger partial charge in [0.2, 0.25) is 0 Å². The van der Waals surface area contributed by atoms with Crippen LogP contribution in [-0.2, 0) is 19.4 Å². The van der Waals surface area contributed by atoms with E-state index in [1.54, 1.807) is 25.1 Å². The van der Waals surface area contributed by atoms with Crippen molar-refractivity contribution in [2.24, 2.45) is 0 Å². The topological polar surface area (TPSA) is 68.3 Å². The molecular formula is C15H20O4S. The maximum absolute atomic E-state index is 12.7. The first-order chi connectivity index (χ1) is 9.25. The van der Waals surface area contributed by atoms with Crippen LogP contribution in [0.5, 0.6) is 0 Å². The zero-order valence-corrected chi connectivity index (χ0v) is 12.9. The highest BCUT2D eigenvalue weighted by molar-refractivity contribution is 7.93. The summed E-state index contributed by atoms with van der Waals surface area (Å²) in [5.74, 6) is -0.481. The highest BCUT2D eigenvalue weighted by Gasteiger charge is 2.45. The standard InChI is InChI=1S/C15H20O4S/c1-4-14(17)15(3,11-10-12(2)16)20(18,19)13-8-6-5-7-9-13/h5-9H,4,10-11H2,1-3H3. The molecular weight excluding hydrogens is 276 g/mol. The maximum Gasteiger partial charge on any atom is 0.190 e. The van der Waals surface area contributed by atoms with Gasteiger partial charge in [-0.1, -0.05) is 25.1 Å². The molecule has 0 heterocycles. The van der Waals surface area contributed by atoms with Crippen LogP contribution in [0.25, 0.3) is 0 Å². The lowest BCUT2D eigenvalue weighted by Gasteiger charge is -2.27. The molecule has 0 radical (unpaired) electrons. The molecule has 1 aromatic carbocycles. The van der Waals surface area contributed by atoms with Crippen LogP contribution < -0.4 is 0 Å². The second kappa shape index (κ2) is 6.31. The second-order valence-electron chi connectivity index (χ2n) is 5.03. The minimum atomic E-state index is -3.81. The highest BCUT2D eigenvalue weighted by Crippen LogP contribution is 2.32. The van der Waals surface area contributed by atoms with Crippen LogP contribution in [0.4, 0.5) is 0 Å². The number of benzene rings is 1. The number of rotatable bonds is 7. The molecule has 1 rings (SSSR count).